The first-order chi connectivity index (χ1) is 9.34. The molecule has 3 nitrogen and oxygen atoms in total. The molecule has 0 saturated carbocycles. The number of rotatable bonds is 5. The topological polar surface area (TPSA) is 47.3 Å². The van der Waals surface area contributed by atoms with Gasteiger partial charge in [-0.2, -0.15) is 0 Å². The Kier molecular flexibility index (Phi) is 4.52. The number of nitrogens with one attached hydrogen (secondary N) is 1. The molecule has 0 bridgehead atoms. The van der Waals surface area contributed by atoms with Crippen molar-refractivity contribution in [1.29, 1.82) is 0 Å². The molecule has 2 rings (SSSR count). The minimum Gasteiger partial charge on any atom is -0.369 e. The summed E-state index contributed by atoms with van der Waals surface area (Å²) in [5.74, 6) is 6.26. The van der Waals surface area contributed by atoms with Crippen LogP contribution in [0.2, 0.25) is 0 Å². The second kappa shape index (κ2) is 5.84. The molecule has 1 fully saturated rings. The molecule has 1 aromatic carbocycles. The molecule has 2 atom stereocenters. The summed E-state index contributed by atoms with van der Waals surface area (Å²) in [4.78, 5) is 0. The van der Waals surface area contributed by atoms with E-state index in [1.165, 1.54) is 5.56 Å². The number of nitrogens with two attached hydrogens (primary N) is 1. The van der Waals surface area contributed by atoms with Gasteiger partial charge in [0.05, 0.1) is 11.2 Å². The Morgan fingerprint density at radius 2 is 1.90 bits per heavy atom. The fourth-order valence-electron chi connectivity index (χ4n) is 3.60. The number of hydrogen-bond donors (Lipinski definition) is 2. The molecule has 0 aliphatic carbocycles. The Hall–Kier alpha value is -0.900. The van der Waals surface area contributed by atoms with E-state index in [1.807, 2.05) is 0 Å². The highest BCUT2D eigenvalue weighted by atomic mass is 16.5. The van der Waals surface area contributed by atoms with Crippen LogP contribution in [0.1, 0.15) is 46.1 Å². The fraction of sp³-hybridized carbons (Fsp3) is 0.647. The predicted octanol–water partition coefficient (Wildman–Crippen LogP) is 3.04. The van der Waals surface area contributed by atoms with E-state index in [4.69, 9.17) is 10.6 Å². The predicted molar refractivity (Wildman–Crippen MR) is 83.2 cm³/mol. The van der Waals surface area contributed by atoms with E-state index in [0.29, 0.717) is 5.92 Å². The van der Waals surface area contributed by atoms with Gasteiger partial charge in [-0.15, -0.1) is 0 Å². The van der Waals surface area contributed by atoms with Gasteiger partial charge < -0.3 is 4.74 Å². The molecule has 0 radical (unpaired) electrons. The third-order valence-electron chi connectivity index (χ3n) is 4.43. The summed E-state index contributed by atoms with van der Waals surface area (Å²) in [5.41, 5.74) is 4.20. The minimum absolute atomic E-state index is 0.0595. The normalized spacial score (nSPS) is 25.6. The summed E-state index contributed by atoms with van der Waals surface area (Å²) in [6, 6.07) is 10.9. The first-order valence-electron chi connectivity index (χ1n) is 7.54. The minimum atomic E-state index is -0.128. The first-order valence-corrected chi connectivity index (χ1v) is 7.54. The summed E-state index contributed by atoms with van der Waals surface area (Å²) in [6.45, 7) is 8.69. The van der Waals surface area contributed by atoms with Crippen LogP contribution >= 0.6 is 0 Å². The van der Waals surface area contributed by atoms with Gasteiger partial charge in [0, 0.05) is 12.0 Å². The Morgan fingerprint density at radius 1 is 1.25 bits per heavy atom. The van der Waals surface area contributed by atoms with Gasteiger partial charge in [-0.05, 0) is 52.5 Å². The summed E-state index contributed by atoms with van der Waals surface area (Å²) in [6.07, 6.45) is 3.13. The van der Waals surface area contributed by atoms with Gasteiger partial charge in [-0.25, -0.2) is 0 Å². The smallest absolute Gasteiger partial charge is 0.0678 e. The first kappa shape index (κ1) is 15.5. The van der Waals surface area contributed by atoms with E-state index in [0.717, 1.165) is 19.3 Å². The van der Waals surface area contributed by atoms with Gasteiger partial charge in [-0.1, -0.05) is 30.3 Å². The average molecular weight is 276 g/mol. The summed E-state index contributed by atoms with van der Waals surface area (Å²) >= 11 is 0. The Balaban J connectivity index is 2.01. The molecular weight excluding hydrogens is 248 g/mol. The molecule has 1 heterocycles. The van der Waals surface area contributed by atoms with Crippen LogP contribution in [0.5, 0.6) is 0 Å². The van der Waals surface area contributed by atoms with Gasteiger partial charge in [0.2, 0.25) is 0 Å². The number of ether oxygens (including phenoxy) is 1. The fourth-order valence-corrected chi connectivity index (χ4v) is 3.60. The van der Waals surface area contributed by atoms with Crippen LogP contribution in [0.15, 0.2) is 30.3 Å². The van der Waals surface area contributed by atoms with Crippen LogP contribution in [0.3, 0.4) is 0 Å². The molecular formula is C17H28N2O. The molecule has 0 amide bonds. The summed E-state index contributed by atoms with van der Waals surface area (Å²) in [5, 5.41) is 0. The van der Waals surface area contributed by atoms with Crippen LogP contribution < -0.4 is 11.3 Å². The highest BCUT2D eigenvalue weighted by Crippen LogP contribution is 2.44. The highest BCUT2D eigenvalue weighted by molar-refractivity contribution is 5.15. The number of aryl methyl sites for hydroxylation is 1. The van der Waals surface area contributed by atoms with Gasteiger partial charge in [-0.3, -0.25) is 11.3 Å². The van der Waals surface area contributed by atoms with Crippen molar-refractivity contribution >= 4 is 0 Å². The maximum Gasteiger partial charge on any atom is 0.0678 e. The summed E-state index contributed by atoms with van der Waals surface area (Å²) < 4.78 is 6.19. The number of hydrazine groups is 1. The van der Waals surface area contributed by atoms with E-state index in [1.54, 1.807) is 0 Å². The van der Waals surface area contributed by atoms with E-state index >= 15 is 0 Å². The largest absolute Gasteiger partial charge is 0.369 e. The third kappa shape index (κ3) is 3.60. The molecule has 1 aliphatic rings. The second-order valence-electron chi connectivity index (χ2n) is 7.07. The lowest BCUT2D eigenvalue weighted by molar-refractivity contribution is -0.0779. The molecule has 1 aromatic rings. The van der Waals surface area contributed by atoms with Crippen molar-refractivity contribution in [2.24, 2.45) is 11.8 Å². The summed E-state index contributed by atoms with van der Waals surface area (Å²) in [7, 11) is 0. The van der Waals surface area contributed by atoms with E-state index in [9.17, 15) is 0 Å². The Bertz CT molecular complexity index is 428. The monoisotopic (exact) mass is 276 g/mol. The molecule has 0 spiro atoms. The van der Waals surface area contributed by atoms with Gasteiger partial charge in [0.1, 0.15) is 0 Å². The van der Waals surface area contributed by atoms with Crippen molar-refractivity contribution in [3.05, 3.63) is 35.9 Å². The van der Waals surface area contributed by atoms with Gasteiger partial charge in [0.25, 0.3) is 0 Å². The van der Waals surface area contributed by atoms with Crippen molar-refractivity contribution in [2.75, 3.05) is 0 Å². The molecule has 20 heavy (non-hydrogen) atoms. The van der Waals surface area contributed by atoms with Crippen molar-refractivity contribution in [3.63, 3.8) is 0 Å². The van der Waals surface area contributed by atoms with Crippen LogP contribution in [-0.2, 0) is 11.2 Å². The Morgan fingerprint density at radius 3 is 2.40 bits per heavy atom. The molecule has 112 valence electrons. The van der Waals surface area contributed by atoms with E-state index < -0.39 is 0 Å². The zero-order valence-electron chi connectivity index (χ0n) is 13.1. The lowest BCUT2D eigenvalue weighted by Gasteiger charge is -2.32. The zero-order chi connectivity index (χ0) is 14.8. The standard InChI is InChI=1S/C17H28N2O/c1-16(2)12-14(17(3,4)20-16)15(19-18)11-10-13-8-6-5-7-9-13/h5-9,14-15,19H,10-12,18H2,1-4H3. The zero-order valence-corrected chi connectivity index (χ0v) is 13.1. The van der Waals surface area contributed by atoms with Crippen LogP contribution in [0, 0.1) is 5.92 Å². The molecule has 1 saturated heterocycles. The molecule has 3 heteroatoms. The average Bonchev–Trinajstić information content (AvgIpc) is 2.60. The molecule has 3 N–H and O–H groups in total. The highest BCUT2D eigenvalue weighted by Gasteiger charge is 2.48. The third-order valence-corrected chi connectivity index (χ3v) is 4.43. The van der Waals surface area contributed by atoms with E-state index in [2.05, 4.69) is 63.5 Å². The SMILES string of the molecule is CC1(C)CC(C(CCc2ccccc2)NN)C(C)(C)O1. The van der Waals surface area contributed by atoms with Gasteiger partial charge >= 0.3 is 0 Å². The maximum absolute atomic E-state index is 6.19. The van der Waals surface area contributed by atoms with Crippen LogP contribution in [-0.4, -0.2) is 17.2 Å². The van der Waals surface area contributed by atoms with Crippen molar-refractivity contribution < 1.29 is 4.74 Å². The maximum atomic E-state index is 6.19. The molecule has 0 aromatic heterocycles. The quantitative estimate of drug-likeness (QED) is 0.642. The van der Waals surface area contributed by atoms with E-state index in [-0.39, 0.29) is 17.2 Å². The van der Waals surface area contributed by atoms with Crippen LogP contribution in [0.4, 0.5) is 0 Å². The number of hydrogen-bond acceptors (Lipinski definition) is 3. The van der Waals surface area contributed by atoms with Crippen molar-refractivity contribution in [1.82, 2.24) is 5.43 Å². The lowest BCUT2D eigenvalue weighted by atomic mass is 9.80. The Labute approximate surface area is 122 Å². The second-order valence-corrected chi connectivity index (χ2v) is 7.07. The van der Waals surface area contributed by atoms with Gasteiger partial charge in [0.15, 0.2) is 0 Å². The van der Waals surface area contributed by atoms with Crippen molar-refractivity contribution in [2.45, 2.75) is 64.2 Å². The van der Waals surface area contributed by atoms with Crippen LogP contribution in [0.25, 0.3) is 0 Å². The molecule has 2 unspecified atom stereocenters. The lowest BCUT2D eigenvalue weighted by Crippen LogP contribution is -2.47. The molecule has 1 aliphatic heterocycles. The number of benzene rings is 1. The van der Waals surface area contributed by atoms with Crippen molar-refractivity contribution in [3.8, 4) is 0 Å².